The Morgan fingerprint density at radius 3 is 2.37 bits per heavy atom. The Labute approximate surface area is 182 Å². The van der Waals surface area contributed by atoms with Crippen LogP contribution in [0.4, 0.5) is 6.01 Å². The first-order valence-electron chi connectivity index (χ1n) is 8.57. The average molecular weight is 465 g/mol. The Kier molecular flexibility index (Phi) is 6.83. The summed E-state index contributed by atoms with van der Waals surface area (Å²) in [5.74, 6) is -0.291. The fraction of sp³-hybridized carbons (Fsp3) is 0.105. The summed E-state index contributed by atoms with van der Waals surface area (Å²) in [6.45, 7) is 7.43. The van der Waals surface area contributed by atoms with E-state index >= 15 is 0 Å². The van der Waals surface area contributed by atoms with Crippen molar-refractivity contribution in [3.63, 3.8) is 0 Å². The second kappa shape index (κ2) is 9.35. The number of nitrogens with one attached hydrogen (secondary N) is 1. The van der Waals surface area contributed by atoms with Crippen molar-refractivity contribution in [2.75, 3.05) is 18.4 Å². The number of hydrogen-bond acceptors (Lipinski definition) is 7. The molecule has 11 heteroatoms. The molecule has 0 aliphatic carbocycles. The minimum absolute atomic E-state index is 0.0531. The number of hydrogen-bond donors (Lipinski definition) is 1. The molecule has 156 valence electrons. The number of rotatable bonds is 9. The van der Waals surface area contributed by atoms with E-state index in [4.69, 9.17) is 16.0 Å². The highest BCUT2D eigenvalue weighted by atomic mass is 35.5. The first-order valence-corrected chi connectivity index (χ1v) is 11.2. The molecular formula is C19H17ClN4O4S2. The van der Waals surface area contributed by atoms with E-state index in [1.807, 2.05) is 0 Å². The molecule has 0 aliphatic rings. The van der Waals surface area contributed by atoms with Gasteiger partial charge in [0.2, 0.25) is 10.0 Å². The Morgan fingerprint density at radius 2 is 1.80 bits per heavy atom. The molecule has 30 heavy (non-hydrogen) atoms. The molecule has 0 bridgehead atoms. The van der Waals surface area contributed by atoms with Gasteiger partial charge in [0.1, 0.15) is 0 Å². The number of sulfonamides is 1. The maximum Gasteiger partial charge on any atom is 0.322 e. The molecular weight excluding hydrogens is 448 g/mol. The van der Waals surface area contributed by atoms with Gasteiger partial charge in [-0.15, -0.1) is 29.6 Å². The lowest BCUT2D eigenvalue weighted by Gasteiger charge is -2.19. The number of thiophene rings is 1. The van der Waals surface area contributed by atoms with E-state index in [0.29, 0.717) is 9.21 Å². The van der Waals surface area contributed by atoms with Gasteiger partial charge in [0.25, 0.3) is 11.8 Å². The summed E-state index contributed by atoms with van der Waals surface area (Å²) < 4.78 is 32.6. The average Bonchev–Trinajstić information content (AvgIpc) is 3.36. The summed E-state index contributed by atoms with van der Waals surface area (Å²) in [4.78, 5) is 13.1. The molecule has 1 amide bonds. The smallest absolute Gasteiger partial charge is 0.322 e. The molecule has 0 radical (unpaired) electrons. The van der Waals surface area contributed by atoms with Gasteiger partial charge in [-0.05, 0) is 36.4 Å². The fourth-order valence-electron chi connectivity index (χ4n) is 2.46. The molecule has 0 aliphatic heterocycles. The number of nitrogens with zero attached hydrogens (tertiary/aromatic N) is 3. The van der Waals surface area contributed by atoms with Gasteiger partial charge in [-0.25, -0.2) is 8.42 Å². The second-order valence-electron chi connectivity index (χ2n) is 5.89. The van der Waals surface area contributed by atoms with Crippen molar-refractivity contribution < 1.29 is 17.6 Å². The highest BCUT2D eigenvalue weighted by molar-refractivity contribution is 7.89. The summed E-state index contributed by atoms with van der Waals surface area (Å²) in [6.07, 6.45) is 2.98. The lowest BCUT2D eigenvalue weighted by atomic mass is 10.2. The van der Waals surface area contributed by atoms with Crippen LogP contribution in [0.1, 0.15) is 10.4 Å². The van der Waals surface area contributed by atoms with Crippen LogP contribution in [0.5, 0.6) is 0 Å². The zero-order valence-corrected chi connectivity index (χ0v) is 18.0. The van der Waals surface area contributed by atoms with Crippen LogP contribution in [-0.2, 0) is 10.0 Å². The normalized spacial score (nSPS) is 11.4. The Hall–Kier alpha value is -2.79. The van der Waals surface area contributed by atoms with Crippen LogP contribution < -0.4 is 5.32 Å². The zero-order chi connectivity index (χ0) is 21.7. The van der Waals surface area contributed by atoms with E-state index in [0.717, 1.165) is 0 Å². The summed E-state index contributed by atoms with van der Waals surface area (Å²) >= 11 is 7.15. The van der Waals surface area contributed by atoms with Gasteiger partial charge in [-0.2, -0.15) is 4.31 Å². The number of halogens is 1. The van der Waals surface area contributed by atoms with Crippen LogP contribution in [0.3, 0.4) is 0 Å². The minimum Gasteiger partial charge on any atom is -0.402 e. The van der Waals surface area contributed by atoms with Crippen LogP contribution >= 0.6 is 22.9 Å². The van der Waals surface area contributed by atoms with Crippen LogP contribution in [0.15, 0.2) is 71.0 Å². The summed E-state index contributed by atoms with van der Waals surface area (Å²) in [7, 11) is -3.74. The molecule has 1 aromatic carbocycles. The van der Waals surface area contributed by atoms with Gasteiger partial charge in [-0.3, -0.25) is 10.1 Å². The van der Waals surface area contributed by atoms with Gasteiger partial charge in [-0.1, -0.05) is 28.9 Å². The molecule has 3 aromatic rings. The van der Waals surface area contributed by atoms with Crippen molar-refractivity contribution >= 4 is 44.9 Å². The maximum atomic E-state index is 12.7. The predicted octanol–water partition coefficient (Wildman–Crippen LogP) is 4.07. The van der Waals surface area contributed by atoms with E-state index in [-0.39, 0.29) is 35.5 Å². The predicted molar refractivity (Wildman–Crippen MR) is 116 cm³/mol. The number of amides is 1. The lowest BCUT2D eigenvalue weighted by Crippen LogP contribution is -2.31. The quantitative estimate of drug-likeness (QED) is 0.478. The van der Waals surface area contributed by atoms with Crippen molar-refractivity contribution in [2.45, 2.75) is 4.90 Å². The number of benzene rings is 1. The Morgan fingerprint density at radius 1 is 1.13 bits per heavy atom. The summed E-state index contributed by atoms with van der Waals surface area (Å²) in [5.41, 5.74) is 0.229. The first-order chi connectivity index (χ1) is 14.3. The molecule has 8 nitrogen and oxygen atoms in total. The maximum absolute atomic E-state index is 12.7. The van der Waals surface area contributed by atoms with Crippen molar-refractivity contribution in [3.05, 3.63) is 71.6 Å². The summed E-state index contributed by atoms with van der Waals surface area (Å²) in [5, 5.41) is 10.1. The van der Waals surface area contributed by atoms with Crippen molar-refractivity contribution in [1.82, 2.24) is 14.5 Å². The van der Waals surface area contributed by atoms with Crippen molar-refractivity contribution in [2.24, 2.45) is 0 Å². The van der Waals surface area contributed by atoms with Gasteiger partial charge in [0.15, 0.2) is 0 Å². The van der Waals surface area contributed by atoms with E-state index in [1.54, 1.807) is 12.1 Å². The third kappa shape index (κ3) is 4.85. The SMILES string of the molecule is C=CCN(CC=C)S(=O)(=O)c1ccc(C(=O)Nc2nnc(-c3ccc(Cl)s3)o2)cc1. The van der Waals surface area contributed by atoms with Crippen LogP contribution in [0.2, 0.25) is 4.34 Å². The molecule has 0 spiro atoms. The standard InChI is InChI=1S/C19H17ClN4O4S2/c1-3-11-24(12-4-2)30(26,27)14-7-5-13(6-8-14)17(25)21-19-23-22-18(28-19)15-9-10-16(20)29-15/h3-10H,1-2,11-12H2,(H,21,23,25). The first kappa shape index (κ1) is 21.9. The van der Waals surface area contributed by atoms with E-state index in [1.165, 1.54) is 52.1 Å². The number of carbonyl (C=O) groups is 1. The van der Waals surface area contributed by atoms with Gasteiger partial charge in [0, 0.05) is 18.7 Å². The van der Waals surface area contributed by atoms with E-state index < -0.39 is 15.9 Å². The van der Waals surface area contributed by atoms with Crippen LogP contribution in [-0.4, -0.2) is 41.9 Å². The Balaban J connectivity index is 1.73. The molecule has 2 heterocycles. The van der Waals surface area contributed by atoms with Gasteiger partial charge >= 0.3 is 6.01 Å². The lowest BCUT2D eigenvalue weighted by molar-refractivity contribution is 0.102. The number of aromatic nitrogens is 2. The minimum atomic E-state index is -3.74. The third-order valence-corrected chi connectivity index (χ3v) is 6.91. The number of carbonyl (C=O) groups excluding carboxylic acids is 1. The highest BCUT2D eigenvalue weighted by Crippen LogP contribution is 2.30. The fourth-order valence-corrected chi connectivity index (χ4v) is 4.80. The zero-order valence-electron chi connectivity index (χ0n) is 15.6. The molecule has 0 unspecified atom stereocenters. The second-order valence-corrected chi connectivity index (χ2v) is 9.55. The van der Waals surface area contributed by atoms with E-state index in [9.17, 15) is 13.2 Å². The molecule has 3 rings (SSSR count). The molecule has 0 saturated heterocycles. The molecule has 0 fully saturated rings. The third-order valence-electron chi connectivity index (χ3n) is 3.85. The van der Waals surface area contributed by atoms with Crippen LogP contribution in [0, 0.1) is 0 Å². The largest absolute Gasteiger partial charge is 0.402 e. The topological polar surface area (TPSA) is 105 Å². The van der Waals surface area contributed by atoms with Crippen molar-refractivity contribution in [3.8, 4) is 10.8 Å². The van der Waals surface area contributed by atoms with Gasteiger partial charge < -0.3 is 4.42 Å². The molecule has 0 saturated carbocycles. The monoisotopic (exact) mass is 464 g/mol. The molecule has 1 N–H and O–H groups in total. The van der Waals surface area contributed by atoms with E-state index in [2.05, 4.69) is 28.7 Å². The van der Waals surface area contributed by atoms with Crippen molar-refractivity contribution in [1.29, 1.82) is 0 Å². The highest BCUT2D eigenvalue weighted by Gasteiger charge is 2.23. The van der Waals surface area contributed by atoms with Gasteiger partial charge in [0.05, 0.1) is 14.1 Å². The number of anilines is 1. The Bertz CT molecular complexity index is 1160. The van der Waals surface area contributed by atoms with Crippen LogP contribution in [0.25, 0.3) is 10.8 Å². The molecule has 0 atom stereocenters. The summed E-state index contributed by atoms with van der Waals surface area (Å²) in [6, 6.07) is 8.86. The molecule has 2 aromatic heterocycles.